The first-order valence-corrected chi connectivity index (χ1v) is 10.4. The average Bonchev–Trinajstić information content (AvgIpc) is 2.79. The van der Waals surface area contributed by atoms with Gasteiger partial charge in [0.1, 0.15) is 12.1 Å². The van der Waals surface area contributed by atoms with Gasteiger partial charge in [0, 0.05) is 57.1 Å². The topological polar surface area (TPSA) is 67.3 Å². The van der Waals surface area contributed by atoms with Gasteiger partial charge in [-0.15, -0.1) is 0 Å². The van der Waals surface area contributed by atoms with Crippen molar-refractivity contribution in [3.05, 3.63) is 48.0 Å². The van der Waals surface area contributed by atoms with Crippen molar-refractivity contribution in [2.75, 3.05) is 49.2 Å². The quantitative estimate of drug-likeness (QED) is 0.681. The molecule has 0 N–H and O–H groups in total. The second-order valence-electron chi connectivity index (χ2n) is 7.78. The summed E-state index contributed by atoms with van der Waals surface area (Å²) >= 11 is 0. The fourth-order valence-electron chi connectivity index (χ4n) is 4.28. The zero-order valence-electron chi connectivity index (χ0n) is 16.8. The maximum Gasteiger partial charge on any atom is 0.150 e. The minimum absolute atomic E-state index is 0.488. The summed E-state index contributed by atoms with van der Waals surface area (Å²) < 4.78 is 5.49. The Bertz CT molecular complexity index is 996. The molecule has 5 rings (SSSR count). The summed E-state index contributed by atoms with van der Waals surface area (Å²) in [7, 11) is 0. The highest BCUT2D eigenvalue weighted by molar-refractivity contribution is 5.76. The molecule has 0 saturated carbocycles. The Morgan fingerprint density at radius 3 is 2.34 bits per heavy atom. The van der Waals surface area contributed by atoms with Gasteiger partial charge in [-0.2, -0.15) is 0 Å². The number of hydrogen-bond acceptors (Lipinski definition) is 7. The van der Waals surface area contributed by atoms with Crippen LogP contribution in [0.4, 0.5) is 11.6 Å². The normalized spacial score (nSPS) is 18.4. The van der Waals surface area contributed by atoms with Crippen LogP contribution in [-0.4, -0.2) is 59.3 Å². The highest BCUT2D eigenvalue weighted by Crippen LogP contribution is 2.28. The van der Waals surface area contributed by atoms with E-state index in [0.29, 0.717) is 5.92 Å². The first-order valence-electron chi connectivity index (χ1n) is 10.4. The molecule has 2 aliphatic rings. The lowest BCUT2D eigenvalue weighted by Crippen LogP contribution is -2.47. The van der Waals surface area contributed by atoms with Crippen LogP contribution in [-0.2, 0) is 4.74 Å². The van der Waals surface area contributed by atoms with Crippen LogP contribution in [0.3, 0.4) is 0 Å². The lowest BCUT2D eigenvalue weighted by molar-refractivity contribution is 0.0845. The van der Waals surface area contributed by atoms with Gasteiger partial charge in [-0.3, -0.25) is 0 Å². The molecule has 0 amide bonds. The molecular weight excluding hydrogens is 364 g/mol. The second kappa shape index (κ2) is 7.91. The van der Waals surface area contributed by atoms with E-state index in [2.05, 4.69) is 25.8 Å². The minimum atomic E-state index is 0.488. The number of para-hydroxylation sites is 2. The first kappa shape index (κ1) is 18.2. The summed E-state index contributed by atoms with van der Waals surface area (Å²) in [6.07, 6.45) is 3.81. The van der Waals surface area contributed by atoms with E-state index in [4.69, 9.17) is 14.7 Å². The van der Waals surface area contributed by atoms with E-state index in [9.17, 15) is 0 Å². The third-order valence-electron chi connectivity index (χ3n) is 5.94. The highest BCUT2D eigenvalue weighted by atomic mass is 16.5. The molecule has 150 valence electrons. The SMILES string of the molecule is Cc1nc2ccccc2nc1N1CCN(c2cc(C3CCOCC3)ncn2)CC1. The smallest absolute Gasteiger partial charge is 0.150 e. The van der Waals surface area contributed by atoms with Crippen molar-refractivity contribution in [2.24, 2.45) is 0 Å². The second-order valence-corrected chi connectivity index (χ2v) is 7.78. The van der Waals surface area contributed by atoms with Crippen LogP contribution in [0.1, 0.15) is 30.1 Å². The van der Waals surface area contributed by atoms with Crippen LogP contribution in [0.25, 0.3) is 11.0 Å². The fourth-order valence-corrected chi connectivity index (χ4v) is 4.28. The number of aromatic nitrogens is 4. The Kier molecular flexibility index (Phi) is 4.97. The number of rotatable bonds is 3. The summed E-state index contributed by atoms with van der Waals surface area (Å²) in [4.78, 5) is 23.4. The molecule has 0 unspecified atom stereocenters. The summed E-state index contributed by atoms with van der Waals surface area (Å²) in [6, 6.07) is 10.2. The number of ether oxygens (including phenoxy) is 1. The summed E-state index contributed by atoms with van der Waals surface area (Å²) in [5.74, 6) is 2.51. The number of fused-ring (bicyclic) bond motifs is 1. The third kappa shape index (κ3) is 3.74. The number of aryl methyl sites for hydroxylation is 1. The van der Waals surface area contributed by atoms with Crippen LogP contribution in [0.2, 0.25) is 0 Å². The minimum Gasteiger partial charge on any atom is -0.381 e. The Morgan fingerprint density at radius 1 is 0.897 bits per heavy atom. The van der Waals surface area contributed by atoms with Crippen molar-refractivity contribution in [2.45, 2.75) is 25.7 Å². The van der Waals surface area contributed by atoms with Crippen LogP contribution in [0.15, 0.2) is 36.7 Å². The Hall–Kier alpha value is -2.80. The first-order chi connectivity index (χ1) is 14.3. The van der Waals surface area contributed by atoms with E-state index < -0.39 is 0 Å². The van der Waals surface area contributed by atoms with Gasteiger partial charge in [0.05, 0.1) is 16.7 Å². The van der Waals surface area contributed by atoms with Crippen molar-refractivity contribution < 1.29 is 4.74 Å². The largest absolute Gasteiger partial charge is 0.381 e. The van der Waals surface area contributed by atoms with Crippen molar-refractivity contribution in [3.63, 3.8) is 0 Å². The van der Waals surface area contributed by atoms with E-state index in [1.54, 1.807) is 6.33 Å². The van der Waals surface area contributed by atoms with Crippen molar-refractivity contribution in [3.8, 4) is 0 Å². The summed E-state index contributed by atoms with van der Waals surface area (Å²) in [5, 5.41) is 0. The maximum atomic E-state index is 5.49. The van der Waals surface area contributed by atoms with Gasteiger partial charge in [-0.25, -0.2) is 19.9 Å². The van der Waals surface area contributed by atoms with Gasteiger partial charge in [0.15, 0.2) is 5.82 Å². The van der Waals surface area contributed by atoms with E-state index in [1.807, 2.05) is 31.2 Å². The lowest BCUT2D eigenvalue weighted by atomic mass is 9.96. The molecule has 0 radical (unpaired) electrons. The zero-order valence-corrected chi connectivity index (χ0v) is 16.8. The van der Waals surface area contributed by atoms with Gasteiger partial charge in [0.25, 0.3) is 0 Å². The lowest BCUT2D eigenvalue weighted by Gasteiger charge is -2.36. The molecule has 1 aromatic carbocycles. The van der Waals surface area contributed by atoms with Gasteiger partial charge in [0.2, 0.25) is 0 Å². The molecule has 29 heavy (non-hydrogen) atoms. The Labute approximate surface area is 170 Å². The van der Waals surface area contributed by atoms with Gasteiger partial charge >= 0.3 is 0 Å². The molecule has 0 bridgehead atoms. The molecule has 0 atom stereocenters. The third-order valence-corrected chi connectivity index (χ3v) is 5.94. The van der Waals surface area contributed by atoms with E-state index in [0.717, 1.165) is 86.3 Å². The predicted molar refractivity (Wildman–Crippen MR) is 114 cm³/mol. The van der Waals surface area contributed by atoms with Gasteiger partial charge in [-0.1, -0.05) is 12.1 Å². The molecule has 2 fully saturated rings. The summed E-state index contributed by atoms with van der Waals surface area (Å²) in [6.45, 7) is 7.35. The van der Waals surface area contributed by atoms with Crippen LogP contribution >= 0.6 is 0 Å². The van der Waals surface area contributed by atoms with E-state index >= 15 is 0 Å². The van der Waals surface area contributed by atoms with Crippen LogP contribution in [0.5, 0.6) is 0 Å². The van der Waals surface area contributed by atoms with Crippen molar-refractivity contribution >= 4 is 22.7 Å². The predicted octanol–water partition coefficient (Wildman–Crippen LogP) is 2.95. The monoisotopic (exact) mass is 390 g/mol. The number of nitrogens with zero attached hydrogens (tertiary/aromatic N) is 6. The molecule has 0 spiro atoms. The molecule has 3 aromatic rings. The molecule has 4 heterocycles. The van der Waals surface area contributed by atoms with Crippen molar-refractivity contribution in [1.29, 1.82) is 0 Å². The molecular formula is C22H26N6O. The Morgan fingerprint density at radius 2 is 1.59 bits per heavy atom. The highest BCUT2D eigenvalue weighted by Gasteiger charge is 2.23. The number of hydrogen-bond donors (Lipinski definition) is 0. The molecule has 2 aliphatic heterocycles. The molecule has 7 heteroatoms. The van der Waals surface area contributed by atoms with E-state index in [-0.39, 0.29) is 0 Å². The number of anilines is 2. The average molecular weight is 390 g/mol. The number of benzene rings is 1. The Balaban J connectivity index is 1.30. The molecule has 0 aliphatic carbocycles. The summed E-state index contributed by atoms with van der Waals surface area (Å²) in [5.41, 5.74) is 4.04. The number of piperazine rings is 1. The standard InChI is InChI=1S/C22H26N6O/c1-16-22(26-19-5-3-2-4-18(19)25-16)28-10-8-27(9-11-28)21-14-20(23-15-24-21)17-6-12-29-13-7-17/h2-5,14-15,17H,6-13H2,1H3. The van der Waals surface area contributed by atoms with Crippen LogP contribution in [0, 0.1) is 6.92 Å². The maximum absolute atomic E-state index is 5.49. The van der Waals surface area contributed by atoms with Crippen molar-refractivity contribution in [1.82, 2.24) is 19.9 Å². The van der Waals surface area contributed by atoms with Gasteiger partial charge in [-0.05, 0) is 31.9 Å². The molecule has 7 nitrogen and oxygen atoms in total. The zero-order chi connectivity index (χ0) is 19.6. The van der Waals surface area contributed by atoms with Gasteiger partial charge < -0.3 is 14.5 Å². The fraction of sp³-hybridized carbons (Fsp3) is 0.455. The molecule has 2 aromatic heterocycles. The van der Waals surface area contributed by atoms with E-state index in [1.165, 1.54) is 0 Å². The van der Waals surface area contributed by atoms with Crippen LogP contribution < -0.4 is 9.80 Å². The molecule has 2 saturated heterocycles.